The van der Waals surface area contributed by atoms with Crippen LogP contribution in [0.25, 0.3) is 0 Å². The van der Waals surface area contributed by atoms with Crippen LogP contribution in [-0.4, -0.2) is 44.3 Å². The third-order valence-electron chi connectivity index (χ3n) is 4.26. The molecule has 2 fully saturated rings. The van der Waals surface area contributed by atoms with Gasteiger partial charge in [0, 0.05) is 32.4 Å². The smallest absolute Gasteiger partial charge is 0.162 e. The van der Waals surface area contributed by atoms with Gasteiger partial charge in [-0.3, -0.25) is 9.88 Å². The molecule has 0 N–H and O–H groups in total. The average Bonchev–Trinajstić information content (AvgIpc) is 3.14. The first kappa shape index (κ1) is 12.9. The van der Waals surface area contributed by atoms with Crippen LogP contribution < -0.4 is 0 Å². The van der Waals surface area contributed by atoms with E-state index in [0.717, 1.165) is 50.6 Å². The molecule has 0 saturated carbocycles. The molecule has 6 heteroatoms. The Kier molecular flexibility index (Phi) is 3.40. The lowest BCUT2D eigenvalue weighted by Gasteiger charge is -2.40. The maximum absolute atomic E-state index is 5.73. The van der Waals surface area contributed by atoms with E-state index < -0.39 is 0 Å². The van der Waals surface area contributed by atoms with Gasteiger partial charge in [-0.2, -0.15) is 0 Å². The minimum Gasteiger partial charge on any atom is -0.370 e. The van der Waals surface area contributed by atoms with Crippen molar-refractivity contribution in [1.82, 2.24) is 24.6 Å². The Morgan fingerprint density at radius 3 is 3.00 bits per heavy atom. The van der Waals surface area contributed by atoms with Crippen molar-refractivity contribution in [2.24, 2.45) is 0 Å². The van der Waals surface area contributed by atoms with Crippen molar-refractivity contribution in [2.45, 2.75) is 31.5 Å². The molecule has 21 heavy (non-hydrogen) atoms. The van der Waals surface area contributed by atoms with E-state index in [2.05, 4.69) is 30.7 Å². The van der Waals surface area contributed by atoms with Crippen LogP contribution in [0.1, 0.15) is 36.5 Å². The standard InChI is InChI=1S/C15H19N5O/c1-2-6-16-12(4-1)8-19-9-13(10-19)20-11-17-18-15(20)14-5-3-7-21-14/h1-2,4,6,11,13-14H,3,5,7-10H2. The van der Waals surface area contributed by atoms with Crippen LogP contribution in [0.2, 0.25) is 0 Å². The number of ether oxygens (including phenoxy) is 1. The first-order valence-electron chi connectivity index (χ1n) is 7.53. The summed E-state index contributed by atoms with van der Waals surface area (Å²) < 4.78 is 7.93. The summed E-state index contributed by atoms with van der Waals surface area (Å²) in [5, 5.41) is 8.35. The molecule has 4 rings (SSSR count). The Morgan fingerprint density at radius 2 is 2.24 bits per heavy atom. The van der Waals surface area contributed by atoms with Crippen LogP contribution >= 0.6 is 0 Å². The summed E-state index contributed by atoms with van der Waals surface area (Å²) in [7, 11) is 0. The second-order valence-corrected chi connectivity index (χ2v) is 5.77. The van der Waals surface area contributed by atoms with Gasteiger partial charge in [0.15, 0.2) is 5.82 Å². The molecule has 110 valence electrons. The summed E-state index contributed by atoms with van der Waals surface area (Å²) in [6.45, 7) is 3.80. The van der Waals surface area contributed by atoms with E-state index in [9.17, 15) is 0 Å². The maximum Gasteiger partial charge on any atom is 0.162 e. The molecule has 2 saturated heterocycles. The normalized spacial score (nSPS) is 23.3. The van der Waals surface area contributed by atoms with Crippen LogP contribution in [0.4, 0.5) is 0 Å². The Balaban J connectivity index is 1.38. The third kappa shape index (κ3) is 2.56. The van der Waals surface area contributed by atoms with Gasteiger partial charge in [0.05, 0.1) is 11.7 Å². The topological polar surface area (TPSA) is 56.1 Å². The van der Waals surface area contributed by atoms with E-state index >= 15 is 0 Å². The van der Waals surface area contributed by atoms with Gasteiger partial charge >= 0.3 is 0 Å². The molecule has 0 spiro atoms. The maximum atomic E-state index is 5.73. The molecule has 6 nitrogen and oxygen atoms in total. The highest BCUT2D eigenvalue weighted by Gasteiger charge is 2.32. The van der Waals surface area contributed by atoms with E-state index in [1.165, 1.54) is 0 Å². The Labute approximate surface area is 123 Å². The molecule has 0 bridgehead atoms. The van der Waals surface area contributed by atoms with Gasteiger partial charge in [-0.15, -0.1) is 10.2 Å². The molecule has 1 unspecified atom stereocenters. The Morgan fingerprint density at radius 1 is 1.29 bits per heavy atom. The molecule has 0 aliphatic carbocycles. The van der Waals surface area contributed by atoms with Gasteiger partial charge < -0.3 is 9.30 Å². The van der Waals surface area contributed by atoms with E-state index in [-0.39, 0.29) is 6.10 Å². The van der Waals surface area contributed by atoms with Crippen molar-refractivity contribution in [1.29, 1.82) is 0 Å². The van der Waals surface area contributed by atoms with Crippen molar-refractivity contribution in [2.75, 3.05) is 19.7 Å². The fourth-order valence-corrected chi connectivity index (χ4v) is 3.11. The lowest BCUT2D eigenvalue weighted by atomic mass is 10.1. The second kappa shape index (κ2) is 5.54. The van der Waals surface area contributed by atoms with Gasteiger partial charge in [0.1, 0.15) is 12.4 Å². The number of hydrogen-bond acceptors (Lipinski definition) is 5. The molecule has 0 radical (unpaired) electrons. The number of nitrogens with zero attached hydrogens (tertiary/aromatic N) is 5. The molecular formula is C15H19N5O. The second-order valence-electron chi connectivity index (χ2n) is 5.77. The molecule has 1 atom stereocenters. The zero-order chi connectivity index (χ0) is 14.1. The first-order chi connectivity index (χ1) is 10.4. The summed E-state index contributed by atoms with van der Waals surface area (Å²) in [6, 6.07) is 6.52. The third-order valence-corrected chi connectivity index (χ3v) is 4.26. The first-order valence-corrected chi connectivity index (χ1v) is 7.53. The lowest BCUT2D eigenvalue weighted by Crippen LogP contribution is -2.47. The van der Waals surface area contributed by atoms with Crippen LogP contribution in [0.15, 0.2) is 30.7 Å². The molecule has 0 aromatic carbocycles. The molecule has 2 aromatic heterocycles. The van der Waals surface area contributed by atoms with Crippen molar-refractivity contribution in [3.05, 3.63) is 42.2 Å². The summed E-state index contributed by atoms with van der Waals surface area (Å²) in [4.78, 5) is 6.77. The molecule has 0 amide bonds. The van der Waals surface area contributed by atoms with Crippen molar-refractivity contribution >= 4 is 0 Å². The van der Waals surface area contributed by atoms with Crippen LogP contribution in [0.5, 0.6) is 0 Å². The molecule has 2 aromatic rings. The van der Waals surface area contributed by atoms with Gasteiger partial charge in [0.2, 0.25) is 0 Å². The van der Waals surface area contributed by atoms with E-state index in [4.69, 9.17) is 4.74 Å². The van der Waals surface area contributed by atoms with E-state index in [1.54, 1.807) is 0 Å². The highest BCUT2D eigenvalue weighted by atomic mass is 16.5. The Hall–Kier alpha value is -1.79. The zero-order valence-corrected chi connectivity index (χ0v) is 11.9. The van der Waals surface area contributed by atoms with Gasteiger partial charge in [-0.05, 0) is 25.0 Å². The number of aromatic nitrogens is 4. The van der Waals surface area contributed by atoms with Crippen LogP contribution in [0.3, 0.4) is 0 Å². The monoisotopic (exact) mass is 285 g/mol. The SMILES string of the molecule is c1ccc(CN2CC(n3cnnc3C3CCCO3)C2)nc1. The summed E-state index contributed by atoms with van der Waals surface area (Å²) in [5.74, 6) is 0.995. The van der Waals surface area contributed by atoms with E-state index in [1.807, 2.05) is 24.7 Å². The fraction of sp³-hybridized carbons (Fsp3) is 0.533. The quantitative estimate of drug-likeness (QED) is 0.853. The zero-order valence-electron chi connectivity index (χ0n) is 11.9. The van der Waals surface area contributed by atoms with Crippen molar-refractivity contribution < 1.29 is 4.74 Å². The summed E-state index contributed by atoms with van der Waals surface area (Å²) in [6.07, 6.45) is 6.01. The minimum atomic E-state index is 0.136. The van der Waals surface area contributed by atoms with Crippen molar-refractivity contribution in [3.8, 4) is 0 Å². The summed E-state index contributed by atoms with van der Waals surface area (Å²) >= 11 is 0. The van der Waals surface area contributed by atoms with Gasteiger partial charge in [0.25, 0.3) is 0 Å². The van der Waals surface area contributed by atoms with Crippen LogP contribution in [-0.2, 0) is 11.3 Å². The van der Waals surface area contributed by atoms with E-state index in [0.29, 0.717) is 6.04 Å². The van der Waals surface area contributed by atoms with Gasteiger partial charge in [-0.1, -0.05) is 6.07 Å². The number of hydrogen-bond donors (Lipinski definition) is 0. The lowest BCUT2D eigenvalue weighted by molar-refractivity contribution is 0.0725. The minimum absolute atomic E-state index is 0.136. The number of likely N-dealkylation sites (tertiary alicyclic amines) is 1. The highest BCUT2D eigenvalue weighted by Crippen LogP contribution is 2.31. The molecule has 4 heterocycles. The highest BCUT2D eigenvalue weighted by molar-refractivity contribution is 5.06. The predicted molar refractivity (Wildman–Crippen MR) is 76.5 cm³/mol. The molecular weight excluding hydrogens is 266 g/mol. The van der Waals surface area contributed by atoms with Crippen molar-refractivity contribution in [3.63, 3.8) is 0 Å². The average molecular weight is 285 g/mol. The van der Waals surface area contributed by atoms with Gasteiger partial charge in [-0.25, -0.2) is 0 Å². The predicted octanol–water partition coefficient (Wildman–Crippen LogP) is 1.58. The molecule has 2 aliphatic heterocycles. The number of pyridine rings is 1. The van der Waals surface area contributed by atoms with Crippen LogP contribution in [0, 0.1) is 0 Å². The fourth-order valence-electron chi connectivity index (χ4n) is 3.11. The Bertz CT molecular complexity index is 587. The summed E-state index contributed by atoms with van der Waals surface area (Å²) in [5.41, 5.74) is 1.12. The molecule has 2 aliphatic rings. The number of rotatable bonds is 4. The largest absolute Gasteiger partial charge is 0.370 e.